The number of halogens is 1. The molecular weight excluding hydrogens is 345 g/mol. The van der Waals surface area contributed by atoms with Crippen LogP contribution in [-0.2, 0) is 16.0 Å². The van der Waals surface area contributed by atoms with Gasteiger partial charge in [0, 0.05) is 6.54 Å². The maximum atomic E-state index is 12.9. The summed E-state index contributed by atoms with van der Waals surface area (Å²) in [5.41, 5.74) is 1.32. The fourth-order valence-corrected chi connectivity index (χ4v) is 2.72. The Kier molecular flexibility index (Phi) is 5.81. The number of fused-ring (bicyclic) bond motifs is 1. The highest BCUT2D eigenvalue weighted by Crippen LogP contribution is 2.16. The van der Waals surface area contributed by atoms with E-state index in [0.29, 0.717) is 18.5 Å². The summed E-state index contributed by atoms with van der Waals surface area (Å²) in [6.07, 6.45) is -0.339. The van der Waals surface area contributed by atoms with E-state index in [1.165, 1.54) is 19.1 Å². The van der Waals surface area contributed by atoms with Gasteiger partial charge < -0.3 is 10.1 Å². The van der Waals surface area contributed by atoms with Crippen LogP contribution in [0.15, 0.2) is 66.7 Å². The molecule has 0 saturated carbocycles. The van der Waals surface area contributed by atoms with Crippen LogP contribution in [0.3, 0.4) is 0 Å². The normalized spacial score (nSPS) is 11.8. The molecule has 0 heterocycles. The Hall–Kier alpha value is -3.21. The SMILES string of the molecule is C[C@H](OC(=O)c1ccc2ccccc2c1)C(=O)NCCc1ccc(F)cc1. The summed E-state index contributed by atoms with van der Waals surface area (Å²) in [6, 6.07) is 19.1. The van der Waals surface area contributed by atoms with Crippen molar-refractivity contribution in [2.24, 2.45) is 0 Å². The molecule has 138 valence electrons. The van der Waals surface area contributed by atoms with E-state index in [9.17, 15) is 14.0 Å². The molecule has 0 radical (unpaired) electrons. The molecule has 1 N–H and O–H groups in total. The van der Waals surface area contributed by atoms with Crippen LogP contribution in [-0.4, -0.2) is 24.5 Å². The Morgan fingerprint density at radius 2 is 1.70 bits per heavy atom. The molecule has 0 spiro atoms. The standard InChI is InChI=1S/C22H20FNO3/c1-15(21(25)24-13-12-16-6-10-20(23)11-7-16)27-22(26)19-9-8-17-4-2-3-5-18(17)14-19/h2-11,14-15H,12-13H2,1H3,(H,24,25)/t15-/m0/s1. The van der Waals surface area contributed by atoms with Gasteiger partial charge in [-0.25, -0.2) is 9.18 Å². The Morgan fingerprint density at radius 1 is 1.00 bits per heavy atom. The molecule has 27 heavy (non-hydrogen) atoms. The zero-order chi connectivity index (χ0) is 19.2. The summed E-state index contributed by atoms with van der Waals surface area (Å²) < 4.78 is 18.1. The molecule has 0 fully saturated rings. The van der Waals surface area contributed by atoms with Crippen molar-refractivity contribution in [1.29, 1.82) is 0 Å². The molecule has 0 aliphatic carbocycles. The van der Waals surface area contributed by atoms with E-state index in [2.05, 4.69) is 5.32 Å². The van der Waals surface area contributed by atoms with Gasteiger partial charge in [-0.05, 0) is 53.9 Å². The van der Waals surface area contributed by atoms with E-state index in [1.807, 2.05) is 30.3 Å². The second-order valence-electron chi connectivity index (χ2n) is 6.28. The lowest BCUT2D eigenvalue weighted by Gasteiger charge is -2.14. The highest BCUT2D eigenvalue weighted by Gasteiger charge is 2.18. The van der Waals surface area contributed by atoms with E-state index in [1.54, 1.807) is 24.3 Å². The van der Waals surface area contributed by atoms with Crippen molar-refractivity contribution in [2.75, 3.05) is 6.54 Å². The van der Waals surface area contributed by atoms with Gasteiger partial charge in [-0.2, -0.15) is 0 Å². The van der Waals surface area contributed by atoms with Gasteiger partial charge in [0.15, 0.2) is 6.10 Å². The van der Waals surface area contributed by atoms with Crippen molar-refractivity contribution in [1.82, 2.24) is 5.32 Å². The fourth-order valence-electron chi connectivity index (χ4n) is 2.72. The summed E-state index contributed by atoms with van der Waals surface area (Å²) in [4.78, 5) is 24.4. The van der Waals surface area contributed by atoms with Crippen LogP contribution >= 0.6 is 0 Å². The molecule has 1 atom stereocenters. The Morgan fingerprint density at radius 3 is 2.44 bits per heavy atom. The third-order valence-electron chi connectivity index (χ3n) is 4.26. The quantitative estimate of drug-likeness (QED) is 0.675. The lowest BCUT2D eigenvalue weighted by Crippen LogP contribution is -2.36. The van der Waals surface area contributed by atoms with Crippen molar-refractivity contribution in [3.05, 3.63) is 83.7 Å². The molecule has 0 saturated heterocycles. The summed E-state index contributed by atoms with van der Waals surface area (Å²) in [7, 11) is 0. The predicted octanol–water partition coefficient (Wildman–Crippen LogP) is 3.88. The van der Waals surface area contributed by atoms with Crippen LogP contribution in [0.2, 0.25) is 0 Å². The van der Waals surface area contributed by atoms with Gasteiger partial charge in [0.05, 0.1) is 5.56 Å². The number of carbonyl (C=O) groups excluding carboxylic acids is 2. The van der Waals surface area contributed by atoms with Crippen LogP contribution in [0.4, 0.5) is 4.39 Å². The molecule has 1 amide bonds. The minimum absolute atomic E-state index is 0.294. The topological polar surface area (TPSA) is 55.4 Å². The van der Waals surface area contributed by atoms with Crippen molar-refractivity contribution >= 4 is 22.6 Å². The highest BCUT2D eigenvalue weighted by molar-refractivity contribution is 5.96. The molecule has 3 rings (SSSR count). The Balaban J connectivity index is 1.52. The number of esters is 1. The van der Waals surface area contributed by atoms with Crippen molar-refractivity contribution in [3.63, 3.8) is 0 Å². The number of nitrogens with one attached hydrogen (secondary N) is 1. The number of amides is 1. The molecule has 0 aromatic heterocycles. The largest absolute Gasteiger partial charge is 0.449 e. The predicted molar refractivity (Wildman–Crippen MR) is 102 cm³/mol. The lowest BCUT2D eigenvalue weighted by molar-refractivity contribution is -0.129. The molecule has 0 aliphatic rings. The van der Waals surface area contributed by atoms with Crippen LogP contribution < -0.4 is 5.32 Å². The van der Waals surface area contributed by atoms with Gasteiger partial charge in [0.25, 0.3) is 5.91 Å². The third-order valence-corrected chi connectivity index (χ3v) is 4.26. The third kappa shape index (κ3) is 4.91. The Labute approximate surface area is 157 Å². The van der Waals surface area contributed by atoms with E-state index < -0.39 is 12.1 Å². The van der Waals surface area contributed by atoms with Crippen LogP contribution in [0.25, 0.3) is 10.8 Å². The molecule has 3 aromatic carbocycles. The van der Waals surface area contributed by atoms with Crippen molar-refractivity contribution < 1.29 is 18.7 Å². The molecule has 4 nitrogen and oxygen atoms in total. The van der Waals surface area contributed by atoms with Gasteiger partial charge >= 0.3 is 5.97 Å². The summed E-state index contributed by atoms with van der Waals surface area (Å²) >= 11 is 0. The molecule has 0 aliphatic heterocycles. The van der Waals surface area contributed by atoms with Crippen LogP contribution in [0.5, 0.6) is 0 Å². The van der Waals surface area contributed by atoms with Gasteiger partial charge in [-0.15, -0.1) is 0 Å². The monoisotopic (exact) mass is 365 g/mol. The minimum Gasteiger partial charge on any atom is -0.449 e. The average molecular weight is 365 g/mol. The van der Waals surface area contributed by atoms with Crippen LogP contribution in [0, 0.1) is 5.82 Å². The molecule has 0 bridgehead atoms. The van der Waals surface area contributed by atoms with Gasteiger partial charge in [-0.1, -0.05) is 42.5 Å². The van der Waals surface area contributed by atoms with E-state index in [0.717, 1.165) is 16.3 Å². The van der Waals surface area contributed by atoms with Crippen LogP contribution in [0.1, 0.15) is 22.8 Å². The van der Waals surface area contributed by atoms with Gasteiger partial charge in [0.1, 0.15) is 5.82 Å². The average Bonchev–Trinajstić information content (AvgIpc) is 2.69. The number of ether oxygens (including phenoxy) is 1. The first-order valence-electron chi connectivity index (χ1n) is 8.75. The summed E-state index contributed by atoms with van der Waals surface area (Å²) in [5.74, 6) is -1.20. The number of carbonyl (C=O) groups is 2. The van der Waals surface area contributed by atoms with Crippen molar-refractivity contribution in [3.8, 4) is 0 Å². The van der Waals surface area contributed by atoms with E-state index in [4.69, 9.17) is 4.74 Å². The molecule has 0 unspecified atom stereocenters. The first-order chi connectivity index (χ1) is 13.0. The zero-order valence-corrected chi connectivity index (χ0v) is 14.9. The minimum atomic E-state index is -0.905. The first kappa shape index (κ1) is 18.6. The second kappa shape index (κ2) is 8.45. The number of benzene rings is 3. The van der Waals surface area contributed by atoms with Gasteiger partial charge in [0.2, 0.25) is 0 Å². The molecule has 5 heteroatoms. The zero-order valence-electron chi connectivity index (χ0n) is 14.9. The number of hydrogen-bond donors (Lipinski definition) is 1. The number of hydrogen-bond acceptors (Lipinski definition) is 3. The summed E-state index contributed by atoms with van der Waals surface area (Å²) in [6.45, 7) is 1.91. The van der Waals surface area contributed by atoms with E-state index in [-0.39, 0.29) is 11.7 Å². The first-order valence-corrected chi connectivity index (χ1v) is 8.75. The van der Waals surface area contributed by atoms with Gasteiger partial charge in [-0.3, -0.25) is 4.79 Å². The molecular formula is C22H20FNO3. The number of rotatable bonds is 6. The Bertz CT molecular complexity index is 953. The maximum absolute atomic E-state index is 12.9. The molecule has 3 aromatic rings. The van der Waals surface area contributed by atoms with Crippen molar-refractivity contribution in [2.45, 2.75) is 19.4 Å². The highest BCUT2D eigenvalue weighted by atomic mass is 19.1. The maximum Gasteiger partial charge on any atom is 0.338 e. The lowest BCUT2D eigenvalue weighted by atomic mass is 10.1. The summed E-state index contributed by atoms with van der Waals surface area (Å²) in [5, 5.41) is 4.68. The smallest absolute Gasteiger partial charge is 0.338 e. The fraction of sp³-hybridized carbons (Fsp3) is 0.182. The van der Waals surface area contributed by atoms with E-state index >= 15 is 0 Å². The second-order valence-corrected chi connectivity index (χ2v) is 6.28.